The van der Waals surface area contributed by atoms with E-state index in [4.69, 9.17) is 0 Å². The summed E-state index contributed by atoms with van der Waals surface area (Å²) in [6.07, 6.45) is 3.94. The van der Waals surface area contributed by atoms with Crippen molar-refractivity contribution >= 4 is 16.8 Å². The number of fused-ring (bicyclic) bond motifs is 1. The number of aryl methyl sites for hydroxylation is 3. The highest BCUT2D eigenvalue weighted by Gasteiger charge is 2.19. The van der Waals surface area contributed by atoms with Crippen LogP contribution in [0.25, 0.3) is 22.0 Å². The number of hydrogen-bond acceptors (Lipinski definition) is 2. The zero-order chi connectivity index (χ0) is 17.4. The summed E-state index contributed by atoms with van der Waals surface area (Å²) in [6, 6.07) is 8.18. The van der Waals surface area contributed by atoms with E-state index in [9.17, 15) is 4.79 Å². The number of carbonyl (C=O) groups excluding carboxylic acids is 1. The van der Waals surface area contributed by atoms with Gasteiger partial charge in [-0.05, 0) is 50.1 Å². The smallest absolute Gasteiger partial charge is 0.254 e. The molecule has 0 saturated heterocycles. The van der Waals surface area contributed by atoms with Crippen LogP contribution in [0.5, 0.6) is 0 Å². The average Bonchev–Trinajstić information content (AvgIpc) is 2.87. The van der Waals surface area contributed by atoms with Crippen LogP contribution < -0.4 is 0 Å². The molecule has 0 spiro atoms. The molecule has 1 amide bonds. The lowest BCUT2D eigenvalue weighted by atomic mass is 9.98. The van der Waals surface area contributed by atoms with Crippen LogP contribution in [0.15, 0.2) is 36.7 Å². The van der Waals surface area contributed by atoms with Gasteiger partial charge in [0.25, 0.3) is 5.91 Å². The summed E-state index contributed by atoms with van der Waals surface area (Å²) in [4.78, 5) is 19.0. The summed E-state index contributed by atoms with van der Waals surface area (Å²) < 4.78 is 2.08. The van der Waals surface area contributed by atoms with Crippen LogP contribution >= 0.6 is 0 Å². The van der Waals surface area contributed by atoms with Crippen LogP contribution in [-0.2, 0) is 7.05 Å². The van der Waals surface area contributed by atoms with E-state index in [-0.39, 0.29) is 5.91 Å². The molecule has 3 aromatic rings. The average molecular weight is 321 g/mol. The van der Waals surface area contributed by atoms with Crippen LogP contribution in [0.4, 0.5) is 0 Å². The number of rotatable bonds is 3. The highest BCUT2D eigenvalue weighted by atomic mass is 16.2. The zero-order valence-electron chi connectivity index (χ0n) is 14.9. The van der Waals surface area contributed by atoms with Gasteiger partial charge in [0.15, 0.2) is 0 Å². The Morgan fingerprint density at radius 1 is 1.21 bits per heavy atom. The standard InChI is InChI=1S/C20H23N3O/c1-6-22(4)20(24)17-9-16(15-8-7-14(3)21-11-15)10-18-19(17)13(2)12-23(18)5/h7-12H,6H2,1-5H3. The number of amides is 1. The summed E-state index contributed by atoms with van der Waals surface area (Å²) in [5, 5.41) is 1.03. The third-order valence-electron chi connectivity index (χ3n) is 4.58. The van der Waals surface area contributed by atoms with Gasteiger partial charge in [0.1, 0.15) is 0 Å². The van der Waals surface area contributed by atoms with E-state index < -0.39 is 0 Å². The molecule has 0 atom stereocenters. The number of carbonyl (C=O) groups is 1. The Bertz CT molecular complexity index is 907. The number of nitrogens with zero attached hydrogens (tertiary/aromatic N) is 3. The molecule has 0 radical (unpaired) electrons. The topological polar surface area (TPSA) is 38.1 Å². The molecule has 0 aliphatic carbocycles. The highest BCUT2D eigenvalue weighted by Crippen LogP contribution is 2.31. The third-order valence-corrected chi connectivity index (χ3v) is 4.58. The number of hydrogen-bond donors (Lipinski definition) is 0. The van der Waals surface area contributed by atoms with E-state index in [1.54, 1.807) is 4.90 Å². The molecule has 124 valence electrons. The number of pyridine rings is 1. The lowest BCUT2D eigenvalue weighted by Crippen LogP contribution is -2.26. The van der Waals surface area contributed by atoms with Crippen molar-refractivity contribution in [2.45, 2.75) is 20.8 Å². The summed E-state index contributed by atoms with van der Waals surface area (Å²) in [6.45, 7) is 6.69. The van der Waals surface area contributed by atoms with Crippen LogP contribution in [0.1, 0.15) is 28.5 Å². The fraction of sp³-hybridized carbons (Fsp3) is 0.300. The first-order valence-electron chi connectivity index (χ1n) is 8.20. The Balaban J connectivity index is 2.28. The Hall–Kier alpha value is -2.62. The molecule has 0 aliphatic rings. The Morgan fingerprint density at radius 3 is 2.58 bits per heavy atom. The molecule has 0 N–H and O–H groups in total. The number of aromatic nitrogens is 2. The SMILES string of the molecule is CCN(C)C(=O)c1cc(-c2ccc(C)nc2)cc2c1c(C)cn2C. The van der Waals surface area contributed by atoms with Gasteiger partial charge in [-0.2, -0.15) is 0 Å². The van der Waals surface area contributed by atoms with E-state index in [2.05, 4.69) is 34.8 Å². The number of benzene rings is 1. The molecule has 24 heavy (non-hydrogen) atoms. The second-order valence-electron chi connectivity index (χ2n) is 6.35. The van der Waals surface area contributed by atoms with Crippen molar-refractivity contribution in [3.05, 3.63) is 53.5 Å². The van der Waals surface area contributed by atoms with Crippen LogP contribution in [0.2, 0.25) is 0 Å². The van der Waals surface area contributed by atoms with Gasteiger partial charge >= 0.3 is 0 Å². The Morgan fingerprint density at radius 2 is 1.96 bits per heavy atom. The van der Waals surface area contributed by atoms with Crippen molar-refractivity contribution in [1.82, 2.24) is 14.5 Å². The maximum absolute atomic E-state index is 12.9. The van der Waals surface area contributed by atoms with Gasteiger partial charge in [0.05, 0.1) is 0 Å². The van der Waals surface area contributed by atoms with Gasteiger partial charge in [-0.25, -0.2) is 0 Å². The maximum Gasteiger partial charge on any atom is 0.254 e. The van der Waals surface area contributed by atoms with E-state index >= 15 is 0 Å². The third kappa shape index (κ3) is 2.68. The molecule has 4 heteroatoms. The minimum atomic E-state index is 0.0544. The van der Waals surface area contributed by atoms with Crippen molar-refractivity contribution in [3.8, 4) is 11.1 Å². The van der Waals surface area contributed by atoms with Crippen molar-refractivity contribution < 1.29 is 4.79 Å². The lowest BCUT2D eigenvalue weighted by Gasteiger charge is -2.17. The molecule has 0 unspecified atom stereocenters. The molecular weight excluding hydrogens is 298 g/mol. The van der Waals surface area contributed by atoms with Gasteiger partial charge in [-0.15, -0.1) is 0 Å². The monoisotopic (exact) mass is 321 g/mol. The van der Waals surface area contributed by atoms with Gasteiger partial charge in [-0.3, -0.25) is 9.78 Å². The fourth-order valence-corrected chi connectivity index (χ4v) is 3.07. The Kier molecular flexibility index (Phi) is 4.14. The Labute approximate surface area is 142 Å². The first kappa shape index (κ1) is 16.2. The second kappa shape index (κ2) is 6.11. The molecule has 0 fully saturated rings. The minimum absolute atomic E-state index is 0.0544. The molecule has 0 aliphatic heterocycles. The molecular formula is C20H23N3O. The summed E-state index contributed by atoms with van der Waals surface area (Å²) >= 11 is 0. The summed E-state index contributed by atoms with van der Waals surface area (Å²) in [5.74, 6) is 0.0544. The largest absolute Gasteiger partial charge is 0.350 e. The molecule has 3 rings (SSSR count). The van der Waals surface area contributed by atoms with E-state index in [0.29, 0.717) is 6.54 Å². The molecule has 4 nitrogen and oxygen atoms in total. The van der Waals surface area contributed by atoms with Gasteiger partial charge in [0.2, 0.25) is 0 Å². The molecule has 2 heterocycles. The lowest BCUT2D eigenvalue weighted by molar-refractivity contribution is 0.0804. The quantitative estimate of drug-likeness (QED) is 0.732. The van der Waals surface area contributed by atoms with E-state index in [1.807, 2.05) is 46.3 Å². The van der Waals surface area contributed by atoms with Crippen molar-refractivity contribution in [2.24, 2.45) is 7.05 Å². The molecule has 1 aromatic carbocycles. The predicted molar refractivity (Wildman–Crippen MR) is 98.3 cm³/mol. The first-order valence-corrected chi connectivity index (χ1v) is 8.20. The molecule has 2 aromatic heterocycles. The molecule has 0 saturated carbocycles. The van der Waals surface area contributed by atoms with Crippen molar-refractivity contribution in [2.75, 3.05) is 13.6 Å². The fourth-order valence-electron chi connectivity index (χ4n) is 3.07. The first-order chi connectivity index (χ1) is 11.4. The maximum atomic E-state index is 12.9. The van der Waals surface area contributed by atoms with Gasteiger partial charge < -0.3 is 9.47 Å². The summed E-state index contributed by atoms with van der Waals surface area (Å²) in [5.41, 5.74) is 5.97. The van der Waals surface area contributed by atoms with Crippen molar-refractivity contribution in [1.29, 1.82) is 0 Å². The van der Waals surface area contributed by atoms with Crippen LogP contribution in [-0.4, -0.2) is 34.0 Å². The minimum Gasteiger partial charge on any atom is -0.350 e. The summed E-state index contributed by atoms with van der Waals surface area (Å²) in [7, 11) is 3.86. The van der Waals surface area contributed by atoms with E-state index in [1.165, 1.54) is 0 Å². The van der Waals surface area contributed by atoms with Crippen molar-refractivity contribution in [3.63, 3.8) is 0 Å². The zero-order valence-corrected chi connectivity index (χ0v) is 14.9. The van der Waals surface area contributed by atoms with E-state index in [0.717, 1.165) is 38.9 Å². The predicted octanol–water partition coefficient (Wildman–Crippen LogP) is 3.95. The molecule has 0 bridgehead atoms. The van der Waals surface area contributed by atoms with Crippen LogP contribution in [0.3, 0.4) is 0 Å². The highest BCUT2D eigenvalue weighted by molar-refractivity contribution is 6.09. The van der Waals surface area contributed by atoms with Gasteiger partial charge in [0, 0.05) is 60.8 Å². The van der Waals surface area contributed by atoms with Gasteiger partial charge in [-0.1, -0.05) is 6.07 Å². The normalized spacial score (nSPS) is 11.0. The second-order valence-corrected chi connectivity index (χ2v) is 6.35. The van der Waals surface area contributed by atoms with Crippen LogP contribution in [0, 0.1) is 13.8 Å².